The molecule has 110 valence electrons. The summed E-state index contributed by atoms with van der Waals surface area (Å²) in [5.74, 6) is 0.136. The summed E-state index contributed by atoms with van der Waals surface area (Å²) in [5, 5.41) is 3.82. The lowest BCUT2D eigenvalue weighted by molar-refractivity contribution is -0.115. The van der Waals surface area contributed by atoms with Gasteiger partial charge in [-0.25, -0.2) is 0 Å². The number of anilines is 1. The third-order valence-corrected chi connectivity index (χ3v) is 5.47. The Morgan fingerprint density at radius 1 is 1.20 bits per heavy atom. The Morgan fingerprint density at radius 2 is 1.75 bits per heavy atom. The number of hydrogen-bond acceptors (Lipinski definition) is 2. The van der Waals surface area contributed by atoms with Gasteiger partial charge in [0.1, 0.15) is 0 Å². The lowest BCUT2D eigenvalue weighted by Gasteiger charge is -2.18. The number of hydrogen-bond donors (Lipinski definition) is 1. The van der Waals surface area contributed by atoms with Crippen molar-refractivity contribution in [2.45, 2.75) is 63.9 Å². The third kappa shape index (κ3) is 3.78. The summed E-state index contributed by atoms with van der Waals surface area (Å²) in [7, 11) is 0. The standard InChI is InChI=1S/C17H25NOS/c1-11-9-12(2)16(13(3)10-11)18-17(19)14(4)20-15-7-5-6-8-15/h9-10,14-15H,5-8H2,1-4H3,(H,18,19)/t14-/m1/s1. The Labute approximate surface area is 126 Å². The van der Waals surface area contributed by atoms with Gasteiger partial charge in [-0.2, -0.15) is 0 Å². The number of carbonyl (C=O) groups is 1. The van der Waals surface area contributed by atoms with Crippen LogP contribution in [0.1, 0.15) is 49.3 Å². The van der Waals surface area contributed by atoms with E-state index in [1.165, 1.54) is 31.2 Å². The minimum atomic E-state index is 0.0261. The number of amides is 1. The van der Waals surface area contributed by atoms with Gasteiger partial charge in [0.15, 0.2) is 0 Å². The molecule has 0 heterocycles. The Hall–Kier alpha value is -0.960. The average molecular weight is 291 g/mol. The van der Waals surface area contributed by atoms with E-state index in [2.05, 4.69) is 38.2 Å². The van der Waals surface area contributed by atoms with Crippen LogP contribution in [0.15, 0.2) is 12.1 Å². The van der Waals surface area contributed by atoms with Crippen LogP contribution < -0.4 is 5.32 Å². The van der Waals surface area contributed by atoms with Crippen molar-refractivity contribution in [1.82, 2.24) is 0 Å². The van der Waals surface area contributed by atoms with E-state index in [1.807, 2.05) is 18.7 Å². The predicted octanol–water partition coefficient (Wildman–Crippen LogP) is 4.61. The van der Waals surface area contributed by atoms with Gasteiger partial charge in [0.05, 0.1) is 5.25 Å². The van der Waals surface area contributed by atoms with E-state index in [0.29, 0.717) is 5.25 Å². The van der Waals surface area contributed by atoms with Crippen LogP contribution in [0.25, 0.3) is 0 Å². The van der Waals surface area contributed by atoms with Gasteiger partial charge in [-0.05, 0) is 51.7 Å². The number of carbonyl (C=O) groups excluding carboxylic acids is 1. The number of thioether (sulfide) groups is 1. The molecule has 1 fully saturated rings. The van der Waals surface area contributed by atoms with E-state index in [1.54, 1.807) is 0 Å². The molecule has 0 bridgehead atoms. The van der Waals surface area contributed by atoms with Gasteiger partial charge >= 0.3 is 0 Å². The first-order valence-electron chi connectivity index (χ1n) is 7.51. The molecule has 1 saturated carbocycles. The van der Waals surface area contributed by atoms with Crippen LogP contribution in [0.4, 0.5) is 5.69 Å². The zero-order valence-electron chi connectivity index (χ0n) is 13.0. The summed E-state index contributed by atoms with van der Waals surface area (Å²) in [4.78, 5) is 12.4. The highest BCUT2D eigenvalue weighted by molar-refractivity contribution is 8.01. The number of nitrogens with one attached hydrogen (secondary N) is 1. The van der Waals surface area contributed by atoms with Gasteiger partial charge in [-0.3, -0.25) is 4.79 Å². The summed E-state index contributed by atoms with van der Waals surface area (Å²) >= 11 is 1.84. The Balaban J connectivity index is 2.00. The van der Waals surface area contributed by atoms with Crippen LogP contribution >= 0.6 is 11.8 Å². The lowest BCUT2D eigenvalue weighted by Crippen LogP contribution is -2.25. The van der Waals surface area contributed by atoms with Crippen molar-refractivity contribution in [3.8, 4) is 0 Å². The molecule has 1 aliphatic rings. The van der Waals surface area contributed by atoms with E-state index in [4.69, 9.17) is 0 Å². The summed E-state index contributed by atoms with van der Waals surface area (Å²) in [6.07, 6.45) is 5.18. The van der Waals surface area contributed by atoms with E-state index in [9.17, 15) is 4.79 Å². The van der Waals surface area contributed by atoms with Crippen LogP contribution in [-0.2, 0) is 4.79 Å². The molecular formula is C17H25NOS. The fourth-order valence-electron chi connectivity index (χ4n) is 2.98. The topological polar surface area (TPSA) is 29.1 Å². The van der Waals surface area contributed by atoms with Crippen LogP contribution in [0.5, 0.6) is 0 Å². The summed E-state index contributed by atoms with van der Waals surface area (Å²) in [6, 6.07) is 4.24. The summed E-state index contributed by atoms with van der Waals surface area (Å²) in [6.45, 7) is 8.23. The molecule has 1 atom stereocenters. The van der Waals surface area contributed by atoms with Crippen molar-refractivity contribution >= 4 is 23.4 Å². The molecular weight excluding hydrogens is 266 g/mol. The maximum atomic E-state index is 12.4. The summed E-state index contributed by atoms with van der Waals surface area (Å²) < 4.78 is 0. The van der Waals surface area contributed by atoms with Gasteiger partial charge in [0.2, 0.25) is 5.91 Å². The number of aryl methyl sites for hydroxylation is 3. The first-order valence-corrected chi connectivity index (χ1v) is 8.46. The smallest absolute Gasteiger partial charge is 0.237 e. The molecule has 0 aromatic heterocycles. The minimum absolute atomic E-state index is 0.0261. The monoisotopic (exact) mass is 291 g/mol. The molecule has 2 nitrogen and oxygen atoms in total. The largest absolute Gasteiger partial charge is 0.325 e. The Morgan fingerprint density at radius 3 is 2.30 bits per heavy atom. The molecule has 0 unspecified atom stereocenters. The molecule has 0 radical (unpaired) electrons. The SMILES string of the molecule is Cc1cc(C)c(NC(=O)[C@@H](C)SC2CCCC2)c(C)c1. The molecule has 2 rings (SSSR count). The third-order valence-electron chi connectivity index (χ3n) is 3.99. The molecule has 1 N–H and O–H groups in total. The Bertz CT molecular complexity index is 469. The van der Waals surface area contributed by atoms with Crippen molar-refractivity contribution in [2.75, 3.05) is 5.32 Å². The van der Waals surface area contributed by atoms with E-state index in [0.717, 1.165) is 16.8 Å². The maximum absolute atomic E-state index is 12.4. The van der Waals surface area contributed by atoms with E-state index < -0.39 is 0 Å². The highest BCUT2D eigenvalue weighted by Crippen LogP contribution is 2.33. The number of rotatable bonds is 4. The van der Waals surface area contributed by atoms with E-state index in [-0.39, 0.29) is 11.2 Å². The molecule has 0 aliphatic heterocycles. The fraction of sp³-hybridized carbons (Fsp3) is 0.588. The van der Waals surface area contributed by atoms with Gasteiger partial charge in [-0.15, -0.1) is 11.8 Å². The second-order valence-electron chi connectivity index (χ2n) is 5.95. The molecule has 0 saturated heterocycles. The quantitative estimate of drug-likeness (QED) is 0.877. The highest BCUT2D eigenvalue weighted by Gasteiger charge is 2.23. The zero-order chi connectivity index (χ0) is 14.7. The highest BCUT2D eigenvalue weighted by atomic mass is 32.2. The maximum Gasteiger partial charge on any atom is 0.237 e. The van der Waals surface area contributed by atoms with Gasteiger partial charge in [-0.1, -0.05) is 30.5 Å². The molecule has 0 spiro atoms. The van der Waals surface area contributed by atoms with Crippen molar-refractivity contribution < 1.29 is 4.79 Å². The number of benzene rings is 1. The van der Waals surface area contributed by atoms with Crippen molar-refractivity contribution in [2.24, 2.45) is 0 Å². The van der Waals surface area contributed by atoms with Gasteiger partial charge in [0.25, 0.3) is 0 Å². The summed E-state index contributed by atoms with van der Waals surface area (Å²) in [5.41, 5.74) is 4.52. The van der Waals surface area contributed by atoms with Crippen LogP contribution in [0.2, 0.25) is 0 Å². The molecule has 1 aromatic rings. The van der Waals surface area contributed by atoms with Crippen LogP contribution in [0.3, 0.4) is 0 Å². The van der Waals surface area contributed by atoms with Crippen molar-refractivity contribution in [1.29, 1.82) is 0 Å². The average Bonchev–Trinajstić information content (AvgIpc) is 2.86. The zero-order valence-corrected chi connectivity index (χ0v) is 13.8. The van der Waals surface area contributed by atoms with Gasteiger partial charge < -0.3 is 5.32 Å². The molecule has 20 heavy (non-hydrogen) atoms. The molecule has 1 aliphatic carbocycles. The van der Waals surface area contributed by atoms with Crippen LogP contribution in [-0.4, -0.2) is 16.4 Å². The van der Waals surface area contributed by atoms with E-state index >= 15 is 0 Å². The normalized spacial score (nSPS) is 17.2. The van der Waals surface area contributed by atoms with Crippen molar-refractivity contribution in [3.63, 3.8) is 0 Å². The fourth-order valence-corrected chi connectivity index (χ4v) is 4.34. The first kappa shape index (κ1) is 15.4. The molecule has 1 amide bonds. The predicted molar refractivity (Wildman–Crippen MR) is 88.6 cm³/mol. The molecule has 3 heteroatoms. The minimum Gasteiger partial charge on any atom is -0.325 e. The van der Waals surface area contributed by atoms with Crippen LogP contribution in [0, 0.1) is 20.8 Å². The first-order chi connectivity index (χ1) is 9.47. The second kappa shape index (κ2) is 6.66. The lowest BCUT2D eigenvalue weighted by atomic mass is 10.1. The van der Waals surface area contributed by atoms with Crippen molar-refractivity contribution in [3.05, 3.63) is 28.8 Å². The van der Waals surface area contributed by atoms with Gasteiger partial charge in [0, 0.05) is 10.9 Å². The Kier molecular flexibility index (Phi) is 5.14. The second-order valence-corrected chi connectivity index (χ2v) is 7.59. The molecule has 1 aromatic carbocycles.